The van der Waals surface area contributed by atoms with E-state index in [1.54, 1.807) is 29.2 Å². The van der Waals surface area contributed by atoms with Crippen molar-refractivity contribution in [2.45, 2.75) is 44.6 Å². The number of allylic oxidation sites excluding steroid dienone is 4. The van der Waals surface area contributed by atoms with E-state index in [9.17, 15) is 23.1 Å². The number of hydrogen-bond donors (Lipinski definition) is 3. The summed E-state index contributed by atoms with van der Waals surface area (Å²) in [6.07, 6.45) is 1.32. The average Bonchev–Trinajstić information content (AvgIpc) is 3.24. The van der Waals surface area contributed by atoms with E-state index in [1.807, 2.05) is 0 Å². The molecule has 0 saturated carbocycles. The van der Waals surface area contributed by atoms with Gasteiger partial charge >= 0.3 is 12.4 Å². The Morgan fingerprint density at radius 2 is 1.87 bits per heavy atom. The number of carbonyl (C=O) groups is 1. The maximum atomic E-state index is 12.8. The molecule has 2 unspecified atom stereocenters. The molecule has 1 spiro atoms. The largest absolute Gasteiger partial charge is 0.572 e. The molecule has 2 atom stereocenters. The van der Waals surface area contributed by atoms with Crippen LogP contribution in [0, 0.1) is 17.3 Å². The molecule has 0 aromatic heterocycles. The van der Waals surface area contributed by atoms with Crippen molar-refractivity contribution in [3.63, 3.8) is 0 Å². The molecule has 3 aliphatic heterocycles. The summed E-state index contributed by atoms with van der Waals surface area (Å²) < 4.78 is 42.5. The number of β-amino-alcohol motifs (C(OH)–C–C–N with tert-alkyl or cyclic N) is 1. The van der Waals surface area contributed by atoms with Gasteiger partial charge in [-0.2, -0.15) is 0 Å². The molecule has 3 fully saturated rings. The lowest BCUT2D eigenvalue weighted by molar-refractivity contribution is -0.307. The first kappa shape index (κ1) is 28.4. The van der Waals surface area contributed by atoms with Gasteiger partial charge in [0, 0.05) is 49.9 Å². The molecule has 214 valence electrons. The van der Waals surface area contributed by atoms with E-state index in [2.05, 4.69) is 20.3 Å². The van der Waals surface area contributed by atoms with E-state index < -0.39 is 12.5 Å². The molecule has 39 heavy (non-hydrogen) atoms. The van der Waals surface area contributed by atoms with E-state index in [0.717, 1.165) is 38.2 Å². The quantitative estimate of drug-likeness (QED) is 0.417. The number of anilines is 1. The van der Waals surface area contributed by atoms with Gasteiger partial charge in [-0.1, -0.05) is 23.2 Å². The van der Waals surface area contributed by atoms with Crippen LogP contribution in [0.5, 0.6) is 0 Å². The third kappa shape index (κ3) is 6.61. The lowest BCUT2D eigenvalue weighted by Gasteiger charge is -2.44. The zero-order chi connectivity index (χ0) is 27.8. The van der Waals surface area contributed by atoms with Crippen LogP contribution < -0.4 is 10.6 Å². The van der Waals surface area contributed by atoms with Gasteiger partial charge in [-0.3, -0.25) is 0 Å². The first-order valence-electron chi connectivity index (χ1n) is 13.3. The van der Waals surface area contributed by atoms with Gasteiger partial charge in [0.1, 0.15) is 5.76 Å². The lowest BCUT2D eigenvalue weighted by Crippen LogP contribution is -2.49. The number of likely N-dealkylation sites (tertiary alicyclic amines) is 2. The smallest absolute Gasteiger partial charge is 0.410 e. The molecule has 1 aromatic carbocycles. The number of fused-ring (bicyclic) bond motifs is 2. The third-order valence-corrected chi connectivity index (χ3v) is 9.44. The number of amides is 2. The minimum atomic E-state index is -4.68. The number of ether oxygens (including phenoxy) is 1. The normalized spacial score (nSPS) is 24.5. The Morgan fingerprint density at radius 3 is 2.54 bits per heavy atom. The minimum Gasteiger partial charge on any atom is -0.410 e. The number of piperidine rings is 2. The van der Waals surface area contributed by atoms with Crippen molar-refractivity contribution < 1.29 is 27.8 Å². The number of rotatable bonds is 5. The molecule has 1 aliphatic carbocycles. The molecular formula is C27H33Cl2F3N4O3. The Bertz CT molecular complexity index is 1130. The number of nitrogens with zero attached hydrogens (tertiary/aromatic N) is 2. The van der Waals surface area contributed by atoms with Gasteiger partial charge in [0.05, 0.1) is 16.1 Å². The maximum Gasteiger partial charge on any atom is 0.572 e. The number of aliphatic hydroxyl groups excluding tert-OH is 1. The van der Waals surface area contributed by atoms with Gasteiger partial charge in [0.25, 0.3) is 0 Å². The van der Waals surface area contributed by atoms with Crippen molar-refractivity contribution >= 4 is 34.9 Å². The molecule has 0 radical (unpaired) electrons. The molecule has 5 rings (SSSR count). The first-order valence-corrected chi connectivity index (χ1v) is 14.1. The van der Waals surface area contributed by atoms with Crippen LogP contribution in [0.4, 0.5) is 23.7 Å². The van der Waals surface area contributed by atoms with Gasteiger partial charge in [-0.05, 0) is 80.5 Å². The highest BCUT2D eigenvalue weighted by Crippen LogP contribution is 2.50. The number of benzene rings is 1. The van der Waals surface area contributed by atoms with Crippen molar-refractivity contribution in [3.8, 4) is 0 Å². The molecule has 1 aromatic rings. The molecule has 0 bridgehead atoms. The Hall–Kier alpha value is -2.14. The summed E-state index contributed by atoms with van der Waals surface area (Å²) in [4.78, 5) is 16.7. The Balaban J connectivity index is 1.07. The zero-order valence-electron chi connectivity index (χ0n) is 21.4. The summed E-state index contributed by atoms with van der Waals surface area (Å²) >= 11 is 12.0. The Morgan fingerprint density at radius 1 is 1.15 bits per heavy atom. The van der Waals surface area contributed by atoms with E-state index in [1.165, 1.54) is 6.08 Å². The molecule has 7 nitrogen and oxygen atoms in total. The fourth-order valence-corrected chi connectivity index (χ4v) is 6.71. The van der Waals surface area contributed by atoms with Crippen LogP contribution in [0.15, 0.2) is 41.8 Å². The van der Waals surface area contributed by atoms with Crippen LogP contribution in [0.1, 0.15) is 32.1 Å². The molecule has 4 aliphatic rings. The SMILES string of the molecule is O=C(Nc1ccc(Cl)c(Cl)c1)N1CCC(C(O)CN2CCC3(CC2)CNC2=CC=C(OC(F)(F)F)CC23)CC1. The molecule has 12 heteroatoms. The Labute approximate surface area is 235 Å². The van der Waals surface area contributed by atoms with Crippen molar-refractivity contribution in [1.82, 2.24) is 15.1 Å². The second kappa shape index (κ2) is 11.4. The average molecular weight is 589 g/mol. The second-order valence-corrected chi connectivity index (χ2v) is 11.8. The topological polar surface area (TPSA) is 77.1 Å². The van der Waals surface area contributed by atoms with E-state index in [4.69, 9.17) is 23.2 Å². The van der Waals surface area contributed by atoms with Crippen molar-refractivity contribution in [2.75, 3.05) is 44.6 Å². The van der Waals surface area contributed by atoms with Crippen LogP contribution in [-0.2, 0) is 4.74 Å². The summed E-state index contributed by atoms with van der Waals surface area (Å²) in [5.41, 5.74) is 1.47. The predicted octanol–water partition coefficient (Wildman–Crippen LogP) is 5.61. The standard InChI is InChI=1S/C27H33Cl2F3N4O3/c28-21-3-1-18(13-22(21)29)34-25(38)36-9-5-17(6-10-36)24(37)15-35-11-7-26(8-12-35)16-33-23-4-2-19(14-20(23)26)39-27(30,31)32/h1-4,13,17,20,24,33,37H,5-12,14-16H2,(H,34,38). The van der Waals surface area contributed by atoms with Crippen LogP contribution >= 0.6 is 23.2 Å². The highest BCUT2D eigenvalue weighted by atomic mass is 35.5. The summed E-state index contributed by atoms with van der Waals surface area (Å²) in [7, 11) is 0. The molecule has 2 amide bonds. The summed E-state index contributed by atoms with van der Waals surface area (Å²) in [6.45, 7) is 3.97. The zero-order valence-corrected chi connectivity index (χ0v) is 23.0. The maximum absolute atomic E-state index is 12.8. The number of hydrogen-bond acceptors (Lipinski definition) is 5. The Kier molecular flexibility index (Phi) is 8.29. The van der Waals surface area contributed by atoms with E-state index >= 15 is 0 Å². The van der Waals surface area contributed by atoms with E-state index in [0.29, 0.717) is 48.2 Å². The number of nitrogens with one attached hydrogen (secondary N) is 2. The number of urea groups is 1. The van der Waals surface area contributed by atoms with Gasteiger partial charge in [0.15, 0.2) is 0 Å². The van der Waals surface area contributed by atoms with Gasteiger partial charge < -0.3 is 30.3 Å². The fourth-order valence-electron chi connectivity index (χ4n) is 6.42. The van der Waals surface area contributed by atoms with Crippen LogP contribution in [0.3, 0.4) is 0 Å². The van der Waals surface area contributed by atoms with Gasteiger partial charge in [-0.25, -0.2) is 4.79 Å². The monoisotopic (exact) mass is 588 g/mol. The van der Waals surface area contributed by atoms with Crippen molar-refractivity contribution in [2.24, 2.45) is 17.3 Å². The fraction of sp³-hybridized carbons (Fsp3) is 0.593. The number of carbonyl (C=O) groups excluding carboxylic acids is 1. The third-order valence-electron chi connectivity index (χ3n) is 8.70. The summed E-state index contributed by atoms with van der Waals surface area (Å²) in [5, 5.41) is 18.0. The van der Waals surface area contributed by atoms with Crippen LogP contribution in [-0.4, -0.2) is 72.7 Å². The van der Waals surface area contributed by atoms with Crippen LogP contribution in [0.2, 0.25) is 10.0 Å². The minimum absolute atomic E-state index is 0.00806. The van der Waals surface area contributed by atoms with Gasteiger partial charge in [-0.15, -0.1) is 13.2 Å². The van der Waals surface area contributed by atoms with Gasteiger partial charge in [0.2, 0.25) is 0 Å². The second-order valence-electron chi connectivity index (χ2n) is 11.0. The highest BCUT2D eigenvalue weighted by molar-refractivity contribution is 6.42. The number of aliphatic hydroxyl groups is 1. The molecule has 3 heterocycles. The molecule has 3 N–H and O–H groups in total. The summed E-state index contributed by atoms with van der Waals surface area (Å²) in [6, 6.07) is 4.74. The predicted molar refractivity (Wildman–Crippen MR) is 143 cm³/mol. The molecule has 3 saturated heterocycles. The number of halogens is 5. The highest BCUT2D eigenvalue weighted by Gasteiger charge is 2.49. The summed E-state index contributed by atoms with van der Waals surface area (Å²) in [5.74, 6) is 0.0589. The molecular weight excluding hydrogens is 556 g/mol. The van der Waals surface area contributed by atoms with E-state index in [-0.39, 0.29) is 35.5 Å². The lowest BCUT2D eigenvalue weighted by atomic mass is 9.67. The number of alkyl halides is 3. The van der Waals surface area contributed by atoms with Crippen molar-refractivity contribution in [1.29, 1.82) is 0 Å². The van der Waals surface area contributed by atoms with Crippen molar-refractivity contribution in [3.05, 3.63) is 51.9 Å². The first-order chi connectivity index (χ1) is 18.5. The van der Waals surface area contributed by atoms with Crippen LogP contribution in [0.25, 0.3) is 0 Å².